The fraction of sp³-hybridized carbons (Fsp3) is 1.00. The maximum Gasteiger partial charge on any atom is 1.00 e. The van der Waals surface area contributed by atoms with E-state index in [0.29, 0.717) is 6.54 Å². The minimum atomic E-state index is -3.81. The molecular weight excluding hydrogens is 313 g/mol. The van der Waals surface area contributed by atoms with Crippen LogP contribution in [-0.4, -0.2) is 43.8 Å². The van der Waals surface area contributed by atoms with Crippen molar-refractivity contribution in [2.75, 3.05) is 25.9 Å². The molecule has 0 aliphatic heterocycles. The molecule has 4 nitrogen and oxygen atoms in total. The topological polar surface area (TPSA) is 57.6 Å². The van der Waals surface area contributed by atoms with Gasteiger partial charge in [-0.1, -0.05) is 64.7 Å². The summed E-state index contributed by atoms with van der Waals surface area (Å²) >= 11 is 0. The molecule has 0 aliphatic rings. The van der Waals surface area contributed by atoms with E-state index >= 15 is 0 Å². The largest absolute Gasteiger partial charge is 1.00 e. The first-order valence-electron chi connectivity index (χ1n) is 8.09. The van der Waals surface area contributed by atoms with Crippen LogP contribution in [0.15, 0.2) is 0 Å². The number of rotatable bonds is 14. The van der Waals surface area contributed by atoms with E-state index < -0.39 is 10.1 Å². The third kappa shape index (κ3) is 21.5. The van der Waals surface area contributed by atoms with E-state index in [9.17, 15) is 8.42 Å². The van der Waals surface area contributed by atoms with Crippen molar-refractivity contribution < 1.29 is 65.8 Å². The molecule has 0 fully saturated rings. The molecule has 0 atom stereocenters. The monoisotopic (exact) mass is 347 g/mol. The van der Waals surface area contributed by atoms with Crippen molar-refractivity contribution in [1.82, 2.24) is 4.90 Å². The fourth-order valence-corrected chi connectivity index (χ4v) is 2.79. The first kappa shape index (κ1) is 24.8. The smallest absolute Gasteiger partial charge is 1.00 e. The maximum atomic E-state index is 10.6. The second-order valence-corrected chi connectivity index (χ2v) is 7.34. The fourth-order valence-electron chi connectivity index (χ4n) is 2.25. The molecule has 0 bridgehead atoms. The van der Waals surface area contributed by atoms with Crippen molar-refractivity contribution in [3.05, 3.63) is 0 Å². The molecule has 1 N–H and O–H groups in total. The minimum absolute atomic E-state index is 0. The molecule has 0 saturated carbocycles. The van der Waals surface area contributed by atoms with Gasteiger partial charge in [0.05, 0.1) is 5.75 Å². The van der Waals surface area contributed by atoms with Crippen LogP contribution >= 0.6 is 0 Å². The molecule has 0 aromatic rings. The Morgan fingerprint density at radius 1 is 0.857 bits per heavy atom. The van der Waals surface area contributed by atoms with E-state index in [1.807, 2.05) is 11.9 Å². The Kier molecular flexibility index (Phi) is 19.3. The SMILES string of the molecule is CCCCCCCCCCCCN(C)CCS(=O)(=O)O.[H-].[K+]. The third-order valence-electron chi connectivity index (χ3n) is 3.62. The average Bonchev–Trinajstić information content (AvgIpc) is 2.38. The van der Waals surface area contributed by atoms with Crippen LogP contribution in [0.2, 0.25) is 0 Å². The van der Waals surface area contributed by atoms with Crippen molar-refractivity contribution >= 4 is 10.1 Å². The Labute approximate surface area is 176 Å². The molecule has 0 unspecified atom stereocenters. The van der Waals surface area contributed by atoms with Crippen LogP contribution in [0.3, 0.4) is 0 Å². The average molecular weight is 348 g/mol. The van der Waals surface area contributed by atoms with Crippen molar-refractivity contribution in [2.45, 2.75) is 71.1 Å². The second kappa shape index (κ2) is 16.4. The first-order chi connectivity index (χ1) is 9.45. The Hall–Kier alpha value is 1.51. The van der Waals surface area contributed by atoms with Crippen molar-refractivity contribution in [1.29, 1.82) is 0 Å². The van der Waals surface area contributed by atoms with E-state index in [1.165, 1.54) is 57.8 Å². The summed E-state index contributed by atoms with van der Waals surface area (Å²) in [5.41, 5.74) is 0. The van der Waals surface area contributed by atoms with Gasteiger partial charge in [0, 0.05) is 6.54 Å². The number of hydrogen-bond donors (Lipinski definition) is 1. The molecule has 0 saturated heterocycles. The molecule has 0 amide bonds. The van der Waals surface area contributed by atoms with Gasteiger partial charge >= 0.3 is 51.4 Å². The molecule has 0 aromatic carbocycles. The van der Waals surface area contributed by atoms with E-state index in [1.54, 1.807) is 0 Å². The van der Waals surface area contributed by atoms with Gasteiger partial charge in [-0.3, -0.25) is 4.55 Å². The van der Waals surface area contributed by atoms with Crippen LogP contribution < -0.4 is 51.4 Å². The Bertz CT molecular complexity index is 316. The number of hydrogen-bond acceptors (Lipinski definition) is 3. The molecule has 21 heavy (non-hydrogen) atoms. The zero-order valence-electron chi connectivity index (χ0n) is 15.3. The molecule has 0 spiro atoms. The zero-order valence-corrected chi connectivity index (χ0v) is 18.3. The summed E-state index contributed by atoms with van der Waals surface area (Å²) in [5, 5.41) is 0. The van der Waals surface area contributed by atoms with E-state index in [-0.39, 0.29) is 58.6 Å². The van der Waals surface area contributed by atoms with Gasteiger partial charge in [-0.05, 0) is 20.0 Å². The van der Waals surface area contributed by atoms with E-state index in [2.05, 4.69) is 6.92 Å². The van der Waals surface area contributed by atoms with Crippen LogP contribution in [0.4, 0.5) is 0 Å². The molecule has 124 valence electrons. The summed E-state index contributed by atoms with van der Waals surface area (Å²) in [4.78, 5) is 1.97. The van der Waals surface area contributed by atoms with Gasteiger partial charge in [0.25, 0.3) is 10.1 Å². The summed E-state index contributed by atoms with van der Waals surface area (Å²) in [6.07, 6.45) is 13.1. The summed E-state index contributed by atoms with van der Waals surface area (Å²) < 4.78 is 29.9. The number of unbranched alkanes of at least 4 members (excludes halogenated alkanes) is 9. The molecule has 0 rings (SSSR count). The standard InChI is InChI=1S/C15H33NO3S.K.H/c1-3-4-5-6-7-8-9-10-11-12-13-16(2)14-15-20(17,18)19;;/h3-15H2,1-2H3,(H,17,18,19);;/q;+1;-1. The van der Waals surface area contributed by atoms with E-state index in [4.69, 9.17) is 4.55 Å². The maximum absolute atomic E-state index is 10.6. The van der Waals surface area contributed by atoms with Crippen molar-refractivity contribution in [3.8, 4) is 0 Å². The summed E-state index contributed by atoms with van der Waals surface area (Å²) in [6, 6.07) is 0. The third-order valence-corrected chi connectivity index (χ3v) is 4.32. The normalized spacial score (nSPS) is 11.6. The van der Waals surface area contributed by atoms with Gasteiger partial charge < -0.3 is 6.33 Å². The Morgan fingerprint density at radius 3 is 1.71 bits per heavy atom. The Balaban J connectivity index is -0.00000180. The molecular formula is C15H34KNO3S. The molecule has 0 aliphatic carbocycles. The molecule has 6 heteroatoms. The van der Waals surface area contributed by atoms with Crippen LogP contribution in [0.25, 0.3) is 0 Å². The van der Waals surface area contributed by atoms with Gasteiger partial charge in [0.15, 0.2) is 0 Å². The quantitative estimate of drug-likeness (QED) is 0.287. The predicted octanol–water partition coefficient (Wildman–Crippen LogP) is 0.843. The molecule has 0 radical (unpaired) electrons. The molecule has 0 aromatic heterocycles. The summed E-state index contributed by atoms with van der Waals surface area (Å²) in [6.45, 7) is 3.56. The van der Waals surface area contributed by atoms with E-state index in [0.717, 1.165) is 13.0 Å². The van der Waals surface area contributed by atoms with Crippen LogP contribution in [-0.2, 0) is 10.1 Å². The van der Waals surface area contributed by atoms with Crippen molar-refractivity contribution in [3.63, 3.8) is 0 Å². The van der Waals surface area contributed by atoms with Crippen LogP contribution in [0.1, 0.15) is 72.6 Å². The summed E-state index contributed by atoms with van der Waals surface area (Å²) in [5.74, 6) is -0.165. The van der Waals surface area contributed by atoms with Gasteiger partial charge in [-0.2, -0.15) is 8.42 Å². The van der Waals surface area contributed by atoms with Gasteiger partial charge in [0.2, 0.25) is 0 Å². The molecule has 0 heterocycles. The van der Waals surface area contributed by atoms with Gasteiger partial charge in [0.1, 0.15) is 0 Å². The number of nitrogens with zero attached hydrogens (tertiary/aromatic N) is 1. The van der Waals surface area contributed by atoms with Crippen LogP contribution in [0.5, 0.6) is 0 Å². The summed E-state index contributed by atoms with van der Waals surface area (Å²) in [7, 11) is -1.91. The van der Waals surface area contributed by atoms with Gasteiger partial charge in [-0.25, -0.2) is 0 Å². The Morgan fingerprint density at radius 2 is 1.29 bits per heavy atom. The van der Waals surface area contributed by atoms with Crippen LogP contribution in [0, 0.1) is 0 Å². The zero-order chi connectivity index (χ0) is 15.3. The second-order valence-electron chi connectivity index (χ2n) is 5.77. The predicted molar refractivity (Wildman–Crippen MR) is 86.9 cm³/mol. The van der Waals surface area contributed by atoms with Gasteiger partial charge in [-0.15, -0.1) is 0 Å². The van der Waals surface area contributed by atoms with Crippen molar-refractivity contribution in [2.24, 2.45) is 0 Å². The minimum Gasteiger partial charge on any atom is -1.00 e. The first-order valence-corrected chi connectivity index (χ1v) is 9.70.